The molecule has 2 N–H and O–H groups in total. The third-order valence-corrected chi connectivity index (χ3v) is 3.37. The van der Waals surface area contributed by atoms with E-state index in [-0.39, 0.29) is 5.69 Å². The average molecular weight is 245 g/mol. The molecular weight excluding hydrogens is 230 g/mol. The van der Waals surface area contributed by atoms with Gasteiger partial charge < -0.3 is 10.4 Å². The lowest BCUT2D eigenvalue weighted by atomic mass is 9.81. The number of carbonyl (C=O) groups is 1. The van der Waals surface area contributed by atoms with Crippen molar-refractivity contribution in [2.75, 3.05) is 5.32 Å². The van der Waals surface area contributed by atoms with E-state index in [9.17, 15) is 9.90 Å². The molecule has 1 aliphatic carbocycles. The fourth-order valence-corrected chi connectivity index (χ4v) is 2.39. The van der Waals surface area contributed by atoms with Gasteiger partial charge in [-0.15, -0.1) is 0 Å². The lowest BCUT2D eigenvalue weighted by molar-refractivity contribution is -0.143. The van der Waals surface area contributed by atoms with Crippen molar-refractivity contribution in [2.24, 2.45) is 0 Å². The monoisotopic (exact) mass is 245 g/mol. The van der Waals surface area contributed by atoms with E-state index in [1.165, 1.54) is 6.20 Å². The maximum absolute atomic E-state index is 11.5. The molecule has 2 rings (SSSR count). The molecular formula is C13H15N3O2. The number of nitrogens with one attached hydrogen (secondary N) is 1. The number of nitrogens with zero attached hydrogens (tertiary/aromatic N) is 2. The first kappa shape index (κ1) is 12.4. The van der Waals surface area contributed by atoms with Gasteiger partial charge in [-0.05, 0) is 25.0 Å². The Labute approximate surface area is 105 Å². The molecule has 0 unspecified atom stereocenters. The third-order valence-electron chi connectivity index (χ3n) is 3.37. The molecule has 0 atom stereocenters. The Balaban J connectivity index is 2.23. The second-order valence-corrected chi connectivity index (χ2v) is 4.61. The molecule has 0 amide bonds. The van der Waals surface area contributed by atoms with Crippen LogP contribution in [0.5, 0.6) is 0 Å². The predicted octanol–water partition coefficient (Wildman–Crippen LogP) is 2.15. The molecule has 1 aromatic heterocycles. The first-order chi connectivity index (χ1) is 8.66. The zero-order chi connectivity index (χ0) is 13.0. The number of hydrogen-bond donors (Lipinski definition) is 2. The van der Waals surface area contributed by atoms with Crippen molar-refractivity contribution in [3.63, 3.8) is 0 Å². The van der Waals surface area contributed by atoms with Gasteiger partial charge in [0.05, 0.1) is 0 Å². The summed E-state index contributed by atoms with van der Waals surface area (Å²) in [6.07, 6.45) is 5.65. The number of hydrogen-bond acceptors (Lipinski definition) is 4. The highest BCUT2D eigenvalue weighted by atomic mass is 16.4. The minimum atomic E-state index is -0.896. The summed E-state index contributed by atoms with van der Waals surface area (Å²) >= 11 is 0. The molecule has 94 valence electrons. The van der Waals surface area contributed by atoms with Crippen LogP contribution in [0, 0.1) is 11.3 Å². The number of anilines is 1. The molecule has 0 aliphatic heterocycles. The molecule has 1 aliphatic rings. The maximum Gasteiger partial charge on any atom is 0.329 e. The van der Waals surface area contributed by atoms with Crippen molar-refractivity contribution >= 4 is 11.7 Å². The number of carboxylic acids is 1. The quantitative estimate of drug-likeness (QED) is 0.852. The number of carboxylic acid groups (broad SMARTS) is 1. The van der Waals surface area contributed by atoms with Gasteiger partial charge in [-0.2, -0.15) is 5.26 Å². The van der Waals surface area contributed by atoms with E-state index in [0.717, 1.165) is 19.3 Å². The lowest BCUT2D eigenvalue weighted by Gasteiger charge is -2.34. The van der Waals surface area contributed by atoms with E-state index < -0.39 is 11.5 Å². The molecule has 0 bridgehead atoms. The number of pyridine rings is 1. The number of nitriles is 1. The molecule has 0 saturated heterocycles. The Morgan fingerprint density at radius 2 is 2.17 bits per heavy atom. The van der Waals surface area contributed by atoms with Gasteiger partial charge in [-0.3, -0.25) is 0 Å². The molecule has 0 aromatic carbocycles. The van der Waals surface area contributed by atoms with Gasteiger partial charge in [0.2, 0.25) is 0 Å². The third kappa shape index (κ3) is 2.43. The van der Waals surface area contributed by atoms with Crippen LogP contribution in [0.15, 0.2) is 18.3 Å². The van der Waals surface area contributed by atoms with Crippen molar-refractivity contribution < 1.29 is 9.90 Å². The fourth-order valence-electron chi connectivity index (χ4n) is 2.39. The minimum Gasteiger partial charge on any atom is -0.480 e. The highest BCUT2D eigenvalue weighted by Crippen LogP contribution is 2.32. The minimum absolute atomic E-state index is 0.288. The van der Waals surface area contributed by atoms with Gasteiger partial charge in [-0.1, -0.05) is 19.3 Å². The summed E-state index contributed by atoms with van der Waals surface area (Å²) in [6, 6.07) is 5.23. The highest BCUT2D eigenvalue weighted by molar-refractivity contribution is 5.83. The topological polar surface area (TPSA) is 86.0 Å². The Morgan fingerprint density at radius 1 is 1.44 bits per heavy atom. The standard InChI is InChI=1S/C13H15N3O2/c14-9-11-8-10(4-7-15-11)16-13(12(17)18)5-2-1-3-6-13/h4,7-8H,1-3,5-6H2,(H,15,16)(H,17,18). The highest BCUT2D eigenvalue weighted by Gasteiger charge is 2.39. The Bertz CT molecular complexity index is 487. The number of aliphatic carboxylic acids is 1. The number of rotatable bonds is 3. The summed E-state index contributed by atoms with van der Waals surface area (Å²) in [5, 5.41) is 21.3. The molecule has 5 nitrogen and oxygen atoms in total. The Morgan fingerprint density at radius 3 is 2.78 bits per heavy atom. The second-order valence-electron chi connectivity index (χ2n) is 4.61. The summed E-state index contributed by atoms with van der Waals surface area (Å²) in [4.78, 5) is 15.4. The van der Waals surface area contributed by atoms with Crippen LogP contribution in [0.2, 0.25) is 0 Å². The molecule has 18 heavy (non-hydrogen) atoms. The first-order valence-corrected chi connectivity index (χ1v) is 6.04. The van der Waals surface area contributed by atoms with Crippen molar-refractivity contribution in [3.8, 4) is 6.07 Å². The zero-order valence-electron chi connectivity index (χ0n) is 10.0. The van der Waals surface area contributed by atoms with Crippen LogP contribution >= 0.6 is 0 Å². The van der Waals surface area contributed by atoms with Gasteiger partial charge in [0.1, 0.15) is 17.3 Å². The van der Waals surface area contributed by atoms with Crippen molar-refractivity contribution in [2.45, 2.75) is 37.6 Å². The molecule has 1 saturated carbocycles. The van der Waals surface area contributed by atoms with E-state index in [1.54, 1.807) is 12.1 Å². The van der Waals surface area contributed by atoms with Crippen LogP contribution in [0.25, 0.3) is 0 Å². The molecule has 1 heterocycles. The van der Waals surface area contributed by atoms with Gasteiger partial charge >= 0.3 is 5.97 Å². The molecule has 1 aromatic rings. The Kier molecular flexibility index (Phi) is 3.47. The Hall–Kier alpha value is -2.09. The van der Waals surface area contributed by atoms with Crippen LogP contribution in [0.3, 0.4) is 0 Å². The first-order valence-electron chi connectivity index (χ1n) is 6.04. The van der Waals surface area contributed by atoms with E-state index in [0.29, 0.717) is 18.5 Å². The predicted molar refractivity (Wildman–Crippen MR) is 66.0 cm³/mol. The lowest BCUT2D eigenvalue weighted by Crippen LogP contribution is -2.47. The van der Waals surface area contributed by atoms with Crippen molar-refractivity contribution in [1.82, 2.24) is 4.98 Å². The fraction of sp³-hybridized carbons (Fsp3) is 0.462. The molecule has 1 fully saturated rings. The summed E-state index contributed by atoms with van der Waals surface area (Å²) < 4.78 is 0. The van der Waals surface area contributed by atoms with Crippen LogP contribution in [-0.4, -0.2) is 21.6 Å². The average Bonchev–Trinajstić information content (AvgIpc) is 2.40. The molecule has 0 spiro atoms. The smallest absolute Gasteiger partial charge is 0.329 e. The molecule has 0 radical (unpaired) electrons. The van der Waals surface area contributed by atoms with E-state index >= 15 is 0 Å². The van der Waals surface area contributed by atoms with Crippen LogP contribution in [0.4, 0.5) is 5.69 Å². The maximum atomic E-state index is 11.5. The zero-order valence-corrected chi connectivity index (χ0v) is 10.0. The van der Waals surface area contributed by atoms with Gasteiger partial charge in [-0.25, -0.2) is 9.78 Å². The van der Waals surface area contributed by atoms with Gasteiger partial charge in [0, 0.05) is 11.9 Å². The van der Waals surface area contributed by atoms with Gasteiger partial charge in [0.25, 0.3) is 0 Å². The normalized spacial score (nSPS) is 17.7. The van der Waals surface area contributed by atoms with Crippen molar-refractivity contribution in [1.29, 1.82) is 5.26 Å². The van der Waals surface area contributed by atoms with Crippen LogP contribution in [0.1, 0.15) is 37.8 Å². The van der Waals surface area contributed by atoms with Crippen molar-refractivity contribution in [3.05, 3.63) is 24.0 Å². The summed E-state index contributed by atoms with van der Waals surface area (Å²) in [5.41, 5.74) is 0.0361. The van der Waals surface area contributed by atoms with Gasteiger partial charge in [0.15, 0.2) is 0 Å². The largest absolute Gasteiger partial charge is 0.480 e. The summed E-state index contributed by atoms with van der Waals surface area (Å²) in [5.74, 6) is -0.822. The van der Waals surface area contributed by atoms with E-state index in [2.05, 4.69) is 10.3 Å². The van der Waals surface area contributed by atoms with E-state index in [4.69, 9.17) is 5.26 Å². The molecule has 5 heteroatoms. The SMILES string of the molecule is N#Cc1cc(NC2(C(=O)O)CCCCC2)ccn1. The number of aromatic nitrogens is 1. The second kappa shape index (κ2) is 5.05. The van der Waals surface area contributed by atoms with Crippen LogP contribution < -0.4 is 5.32 Å². The summed E-state index contributed by atoms with van der Waals surface area (Å²) in [7, 11) is 0. The van der Waals surface area contributed by atoms with E-state index in [1.807, 2.05) is 6.07 Å². The summed E-state index contributed by atoms with van der Waals surface area (Å²) in [6.45, 7) is 0. The van der Waals surface area contributed by atoms with Crippen LogP contribution in [-0.2, 0) is 4.79 Å².